The average molecular weight is 453 g/mol. The van der Waals surface area contributed by atoms with E-state index in [4.69, 9.17) is 14.4 Å². The van der Waals surface area contributed by atoms with Gasteiger partial charge in [0.15, 0.2) is 0 Å². The lowest BCUT2D eigenvalue weighted by Gasteiger charge is -2.34. The number of aliphatic carboxylic acids is 1. The Hall–Kier alpha value is -2.88. The fourth-order valence-corrected chi connectivity index (χ4v) is 4.27. The number of carbonyl (C=O) groups excluding carboxylic acids is 1. The van der Waals surface area contributed by atoms with Gasteiger partial charge in [0, 0.05) is 37.3 Å². The van der Waals surface area contributed by atoms with E-state index in [-0.39, 0.29) is 5.91 Å². The smallest absolute Gasteiger partial charge is 0.475 e. The fraction of sp³-hybridized carbons (Fsp3) is 0.500. The number of aromatic nitrogens is 1. The van der Waals surface area contributed by atoms with Gasteiger partial charge >= 0.3 is 12.1 Å². The van der Waals surface area contributed by atoms with Crippen LogP contribution in [0.25, 0.3) is 0 Å². The lowest BCUT2D eigenvalue weighted by Crippen LogP contribution is -2.39. The Morgan fingerprint density at radius 3 is 2.31 bits per heavy atom. The van der Waals surface area contributed by atoms with Crippen molar-refractivity contribution in [2.75, 3.05) is 26.2 Å². The maximum Gasteiger partial charge on any atom is 0.490 e. The van der Waals surface area contributed by atoms with E-state index in [0.717, 1.165) is 56.2 Å². The number of amides is 1. The quantitative estimate of drug-likeness (QED) is 0.765. The summed E-state index contributed by atoms with van der Waals surface area (Å²) in [5.74, 6) is -0.456. The first kappa shape index (κ1) is 23.8. The topological polar surface area (TPSA) is 86.9 Å². The van der Waals surface area contributed by atoms with E-state index in [1.54, 1.807) is 0 Å². The number of likely N-dealkylation sites (tertiary alicyclic amines) is 2. The van der Waals surface area contributed by atoms with Gasteiger partial charge in [-0.1, -0.05) is 23.4 Å². The van der Waals surface area contributed by atoms with Crippen molar-refractivity contribution < 1.29 is 32.4 Å². The number of fused-ring (bicyclic) bond motifs is 1. The first-order chi connectivity index (χ1) is 15.1. The van der Waals surface area contributed by atoms with Gasteiger partial charge in [0.1, 0.15) is 5.76 Å². The minimum Gasteiger partial charge on any atom is -0.475 e. The highest BCUT2D eigenvalue weighted by Crippen LogP contribution is 2.33. The van der Waals surface area contributed by atoms with Crippen molar-refractivity contribution in [2.45, 2.75) is 33.0 Å². The number of benzene rings is 1. The molecule has 10 heteroatoms. The highest BCUT2D eigenvalue weighted by Gasteiger charge is 2.39. The second kappa shape index (κ2) is 9.72. The van der Waals surface area contributed by atoms with Crippen LogP contribution >= 0.6 is 0 Å². The Kier molecular flexibility index (Phi) is 7.22. The van der Waals surface area contributed by atoms with E-state index in [1.165, 1.54) is 5.56 Å². The van der Waals surface area contributed by atoms with Crippen molar-refractivity contribution in [1.29, 1.82) is 0 Å². The zero-order valence-corrected chi connectivity index (χ0v) is 17.9. The van der Waals surface area contributed by atoms with E-state index in [9.17, 15) is 18.0 Å². The second-order valence-corrected chi connectivity index (χ2v) is 8.23. The first-order valence-corrected chi connectivity index (χ1v) is 10.3. The molecule has 1 N–H and O–H groups in total. The van der Waals surface area contributed by atoms with Crippen molar-refractivity contribution >= 4 is 11.9 Å². The lowest BCUT2D eigenvalue weighted by atomic mass is 9.88. The van der Waals surface area contributed by atoms with Crippen LogP contribution in [0, 0.1) is 25.7 Å². The summed E-state index contributed by atoms with van der Waals surface area (Å²) in [6, 6.07) is 9.64. The van der Waals surface area contributed by atoms with Crippen LogP contribution in [0.3, 0.4) is 0 Å². The second-order valence-electron chi connectivity index (χ2n) is 8.23. The van der Waals surface area contributed by atoms with Crippen LogP contribution in [0.5, 0.6) is 0 Å². The molecule has 1 aromatic carbocycles. The molecule has 2 aromatic rings. The van der Waals surface area contributed by atoms with Gasteiger partial charge in [-0.15, -0.1) is 0 Å². The summed E-state index contributed by atoms with van der Waals surface area (Å²) < 4.78 is 37.0. The summed E-state index contributed by atoms with van der Waals surface area (Å²) in [5, 5.41) is 11.2. The van der Waals surface area contributed by atoms with Crippen LogP contribution in [0.1, 0.15) is 33.8 Å². The van der Waals surface area contributed by atoms with Crippen LogP contribution in [-0.4, -0.2) is 64.3 Å². The summed E-state index contributed by atoms with van der Waals surface area (Å²) >= 11 is 0. The molecule has 1 aromatic heterocycles. The molecule has 0 unspecified atom stereocenters. The molecule has 2 aliphatic rings. The number of piperidine rings is 1. The highest BCUT2D eigenvalue weighted by molar-refractivity contribution is 5.94. The third-order valence-electron chi connectivity index (χ3n) is 6.00. The SMILES string of the molecule is Cc1noc(C)c1CN1CC[C@H]2CN(C(=O)c3ccccc3)C[C@H]2C1.O=C(O)C(F)(F)F. The van der Waals surface area contributed by atoms with Crippen molar-refractivity contribution in [3.05, 3.63) is 52.9 Å². The van der Waals surface area contributed by atoms with Crippen molar-refractivity contribution in [2.24, 2.45) is 11.8 Å². The van der Waals surface area contributed by atoms with Crippen molar-refractivity contribution in [3.8, 4) is 0 Å². The summed E-state index contributed by atoms with van der Waals surface area (Å²) in [6.45, 7) is 8.79. The lowest BCUT2D eigenvalue weighted by molar-refractivity contribution is -0.192. The van der Waals surface area contributed by atoms with Crippen LogP contribution in [0.4, 0.5) is 13.2 Å². The standard InChI is InChI=1S/C20H25N3O2.C2HF3O2/c1-14-19(15(2)25-21-14)13-22-9-8-17-11-23(12-18(17)10-22)20(24)16-6-4-3-5-7-16;3-2(4,5)1(6)7/h3-7,17-18H,8-13H2,1-2H3;(H,6,7)/t17-,18+;/m0./s1. The number of halogens is 3. The molecule has 2 atom stereocenters. The first-order valence-electron chi connectivity index (χ1n) is 10.3. The van der Waals surface area contributed by atoms with E-state index in [1.807, 2.05) is 49.1 Å². The van der Waals surface area contributed by atoms with Gasteiger partial charge in [0.25, 0.3) is 5.91 Å². The third kappa shape index (κ3) is 5.67. The van der Waals surface area contributed by atoms with E-state index in [0.29, 0.717) is 11.8 Å². The van der Waals surface area contributed by atoms with Gasteiger partial charge in [0.05, 0.1) is 5.69 Å². The molecule has 32 heavy (non-hydrogen) atoms. The normalized spacial score (nSPS) is 21.0. The van der Waals surface area contributed by atoms with E-state index < -0.39 is 12.1 Å². The number of rotatable bonds is 3. The maximum absolute atomic E-state index is 12.7. The number of carboxylic acids is 1. The molecular formula is C22H26F3N3O4. The number of carboxylic acid groups (broad SMARTS) is 1. The Balaban J connectivity index is 0.000000360. The molecule has 4 rings (SSSR count). The molecule has 0 bridgehead atoms. The largest absolute Gasteiger partial charge is 0.490 e. The van der Waals surface area contributed by atoms with Gasteiger partial charge in [-0.2, -0.15) is 13.2 Å². The molecule has 2 fully saturated rings. The molecule has 3 heterocycles. The zero-order valence-electron chi connectivity index (χ0n) is 17.9. The molecule has 0 saturated carbocycles. The monoisotopic (exact) mass is 453 g/mol. The molecule has 174 valence electrons. The molecule has 0 aliphatic carbocycles. The zero-order chi connectivity index (χ0) is 23.5. The van der Waals surface area contributed by atoms with Crippen LogP contribution in [-0.2, 0) is 11.3 Å². The van der Waals surface area contributed by atoms with Gasteiger partial charge < -0.3 is 14.5 Å². The predicted octanol–water partition coefficient (Wildman–Crippen LogP) is 3.52. The molecule has 0 radical (unpaired) electrons. The number of nitrogens with zero attached hydrogens (tertiary/aromatic N) is 3. The number of hydrogen-bond acceptors (Lipinski definition) is 5. The minimum atomic E-state index is -5.08. The minimum absolute atomic E-state index is 0.173. The number of hydrogen-bond donors (Lipinski definition) is 1. The third-order valence-corrected chi connectivity index (χ3v) is 6.00. The van der Waals surface area contributed by atoms with Crippen LogP contribution in [0.15, 0.2) is 34.9 Å². The van der Waals surface area contributed by atoms with Crippen molar-refractivity contribution in [1.82, 2.24) is 15.0 Å². The molecular weight excluding hydrogens is 427 g/mol. The van der Waals surface area contributed by atoms with Gasteiger partial charge in [0.2, 0.25) is 0 Å². The van der Waals surface area contributed by atoms with Crippen LogP contribution < -0.4 is 0 Å². The van der Waals surface area contributed by atoms with E-state index >= 15 is 0 Å². The highest BCUT2D eigenvalue weighted by atomic mass is 19.4. The molecule has 1 amide bonds. The Bertz CT molecular complexity index is 926. The summed E-state index contributed by atoms with van der Waals surface area (Å²) in [6.07, 6.45) is -3.92. The molecule has 2 aliphatic heterocycles. The summed E-state index contributed by atoms with van der Waals surface area (Å²) in [4.78, 5) is 26.1. The summed E-state index contributed by atoms with van der Waals surface area (Å²) in [5.41, 5.74) is 3.01. The molecule has 2 saturated heterocycles. The summed E-state index contributed by atoms with van der Waals surface area (Å²) in [7, 11) is 0. The van der Waals surface area contributed by atoms with Crippen LogP contribution in [0.2, 0.25) is 0 Å². The maximum atomic E-state index is 12.7. The predicted molar refractivity (Wildman–Crippen MR) is 109 cm³/mol. The van der Waals surface area contributed by atoms with Gasteiger partial charge in [-0.25, -0.2) is 4.79 Å². The van der Waals surface area contributed by atoms with Gasteiger partial charge in [-0.05, 0) is 50.8 Å². The van der Waals surface area contributed by atoms with Crippen molar-refractivity contribution in [3.63, 3.8) is 0 Å². The number of carbonyl (C=O) groups is 2. The number of alkyl halides is 3. The fourth-order valence-electron chi connectivity index (χ4n) is 4.27. The Morgan fingerprint density at radius 1 is 1.12 bits per heavy atom. The van der Waals surface area contributed by atoms with E-state index in [2.05, 4.69) is 10.1 Å². The molecule has 0 spiro atoms. The average Bonchev–Trinajstić information content (AvgIpc) is 3.31. The Labute approximate surface area is 183 Å². The van der Waals surface area contributed by atoms with Gasteiger partial charge in [-0.3, -0.25) is 9.69 Å². The number of aryl methyl sites for hydroxylation is 2. The Morgan fingerprint density at radius 2 is 1.75 bits per heavy atom. The molecule has 7 nitrogen and oxygen atoms in total.